The van der Waals surface area contributed by atoms with E-state index in [1.165, 1.54) is 43.6 Å². The molecule has 0 fully saturated rings. The molecule has 14 aromatic rings. The SMILES string of the molecule is N#Cc1cc(-n2c3ccccc3c3cc(-n4c5ccccc5c5ccccc54)ccc32)c(-c2ccncc2)cc1-n1c2ccccc2c2cc(-n3c4ccccc4c4ccccc43)ccc21. The van der Waals surface area contributed by atoms with Gasteiger partial charge in [0.1, 0.15) is 6.07 Å². The van der Waals surface area contributed by atoms with Crippen LogP contribution in [0.15, 0.2) is 219 Å². The summed E-state index contributed by atoms with van der Waals surface area (Å²) in [6.45, 7) is 0. The van der Waals surface area contributed by atoms with Gasteiger partial charge in [-0.15, -0.1) is 0 Å². The van der Waals surface area contributed by atoms with Gasteiger partial charge in [0.25, 0.3) is 0 Å². The number of fused-ring (bicyclic) bond motifs is 12. The number of nitrogens with zero attached hydrogens (tertiary/aromatic N) is 6. The third-order valence-electron chi connectivity index (χ3n) is 13.7. The van der Waals surface area contributed by atoms with E-state index < -0.39 is 0 Å². The normalized spacial score (nSPS) is 11.9. The quantitative estimate of drug-likeness (QED) is 0.173. The van der Waals surface area contributed by atoms with E-state index in [9.17, 15) is 5.26 Å². The fourth-order valence-corrected chi connectivity index (χ4v) is 10.9. The first kappa shape index (κ1) is 36.3. The van der Waals surface area contributed by atoms with E-state index in [0.717, 1.165) is 77.5 Å². The van der Waals surface area contributed by atoms with Gasteiger partial charge in [0.2, 0.25) is 0 Å². The first-order chi connectivity index (χ1) is 32.7. The van der Waals surface area contributed by atoms with Crippen LogP contribution >= 0.6 is 0 Å². The second kappa shape index (κ2) is 13.9. The maximum absolute atomic E-state index is 11.3. The van der Waals surface area contributed by atoms with E-state index in [-0.39, 0.29) is 0 Å². The third-order valence-corrected chi connectivity index (χ3v) is 13.7. The molecule has 0 bridgehead atoms. The van der Waals surface area contributed by atoms with Gasteiger partial charge in [-0.25, -0.2) is 0 Å². The first-order valence-electron chi connectivity index (χ1n) is 22.3. The van der Waals surface area contributed by atoms with Crippen LogP contribution in [0.1, 0.15) is 5.56 Å². The molecule has 306 valence electrons. The van der Waals surface area contributed by atoms with Crippen molar-refractivity contribution in [2.24, 2.45) is 0 Å². The van der Waals surface area contributed by atoms with Gasteiger partial charge in [-0.2, -0.15) is 5.26 Å². The number of benzene rings is 9. The minimum Gasteiger partial charge on any atom is -0.309 e. The molecular formula is C60H36N6. The van der Waals surface area contributed by atoms with Crippen LogP contribution in [0, 0.1) is 11.3 Å². The highest BCUT2D eigenvalue weighted by Crippen LogP contribution is 2.43. The van der Waals surface area contributed by atoms with Crippen LogP contribution in [-0.2, 0) is 0 Å². The van der Waals surface area contributed by atoms with Crippen molar-refractivity contribution in [3.8, 4) is 39.9 Å². The van der Waals surface area contributed by atoms with Gasteiger partial charge in [-0.3, -0.25) is 4.98 Å². The zero-order valence-electron chi connectivity index (χ0n) is 35.5. The number of hydrogen-bond acceptors (Lipinski definition) is 2. The molecule has 0 amide bonds. The van der Waals surface area contributed by atoms with E-state index in [4.69, 9.17) is 0 Å². The molecule has 0 saturated heterocycles. The molecule has 66 heavy (non-hydrogen) atoms. The number of aromatic nitrogens is 5. The number of pyridine rings is 1. The van der Waals surface area contributed by atoms with Crippen LogP contribution in [0.25, 0.3) is 121 Å². The molecular weight excluding hydrogens is 805 g/mol. The van der Waals surface area contributed by atoms with Crippen LogP contribution in [0.3, 0.4) is 0 Å². The Kier molecular flexibility index (Phi) is 7.65. The fourth-order valence-electron chi connectivity index (χ4n) is 10.9. The molecule has 0 aliphatic heterocycles. The van der Waals surface area contributed by atoms with Crippen LogP contribution < -0.4 is 0 Å². The lowest BCUT2D eigenvalue weighted by atomic mass is 10.00. The lowest BCUT2D eigenvalue weighted by Crippen LogP contribution is -2.04. The molecule has 5 heterocycles. The Morgan fingerprint density at radius 3 is 1.08 bits per heavy atom. The number of rotatable bonds is 5. The van der Waals surface area contributed by atoms with Crippen molar-refractivity contribution < 1.29 is 0 Å². The summed E-state index contributed by atoms with van der Waals surface area (Å²) in [4.78, 5) is 4.43. The smallest absolute Gasteiger partial charge is 0.101 e. The van der Waals surface area contributed by atoms with Crippen molar-refractivity contribution in [3.05, 3.63) is 224 Å². The molecule has 9 aromatic carbocycles. The summed E-state index contributed by atoms with van der Waals surface area (Å²) in [5.41, 5.74) is 15.4. The van der Waals surface area contributed by atoms with Gasteiger partial charge in [0.15, 0.2) is 0 Å². The van der Waals surface area contributed by atoms with Crippen molar-refractivity contribution in [1.82, 2.24) is 23.3 Å². The Morgan fingerprint density at radius 1 is 0.318 bits per heavy atom. The Balaban J connectivity index is 1.01. The van der Waals surface area contributed by atoms with Crippen molar-refractivity contribution >= 4 is 87.2 Å². The molecule has 0 N–H and O–H groups in total. The maximum Gasteiger partial charge on any atom is 0.101 e. The van der Waals surface area contributed by atoms with E-state index in [2.05, 4.69) is 236 Å². The number of nitriles is 1. The molecule has 0 aliphatic rings. The Bertz CT molecular complexity index is 4260. The molecule has 14 rings (SSSR count). The van der Waals surface area contributed by atoms with Gasteiger partial charge < -0.3 is 18.3 Å². The Hall–Kier alpha value is -9.18. The summed E-state index contributed by atoms with van der Waals surface area (Å²) in [5, 5.41) is 20.7. The molecule has 0 aliphatic carbocycles. The van der Waals surface area contributed by atoms with E-state index in [0.29, 0.717) is 5.56 Å². The van der Waals surface area contributed by atoms with Gasteiger partial charge >= 0.3 is 0 Å². The van der Waals surface area contributed by atoms with Gasteiger partial charge in [0, 0.05) is 72.4 Å². The number of hydrogen-bond donors (Lipinski definition) is 0. The molecule has 5 aromatic heterocycles. The first-order valence-corrected chi connectivity index (χ1v) is 22.3. The molecule has 0 radical (unpaired) electrons. The van der Waals surface area contributed by atoms with Crippen LogP contribution in [0.4, 0.5) is 0 Å². The van der Waals surface area contributed by atoms with E-state index >= 15 is 0 Å². The monoisotopic (exact) mass is 840 g/mol. The summed E-state index contributed by atoms with van der Waals surface area (Å²) in [6, 6.07) is 76.3. The predicted molar refractivity (Wildman–Crippen MR) is 272 cm³/mol. The van der Waals surface area contributed by atoms with Crippen LogP contribution in [0.5, 0.6) is 0 Å². The average Bonchev–Trinajstić information content (AvgIpc) is 4.11. The Labute approximate surface area is 378 Å². The summed E-state index contributed by atoms with van der Waals surface area (Å²) in [5.74, 6) is 0. The zero-order chi connectivity index (χ0) is 43.5. The number of para-hydroxylation sites is 6. The molecule has 0 spiro atoms. The largest absolute Gasteiger partial charge is 0.309 e. The Morgan fingerprint density at radius 2 is 0.667 bits per heavy atom. The van der Waals surface area contributed by atoms with Crippen LogP contribution in [-0.4, -0.2) is 23.3 Å². The summed E-state index contributed by atoms with van der Waals surface area (Å²) < 4.78 is 9.35. The highest BCUT2D eigenvalue weighted by molar-refractivity contribution is 6.14. The van der Waals surface area contributed by atoms with Gasteiger partial charge in [0.05, 0.1) is 61.1 Å². The van der Waals surface area contributed by atoms with E-state index in [1.807, 2.05) is 12.4 Å². The fraction of sp³-hybridized carbons (Fsp3) is 0. The average molecular weight is 841 g/mol. The van der Waals surface area contributed by atoms with Crippen molar-refractivity contribution in [1.29, 1.82) is 5.26 Å². The third kappa shape index (κ3) is 5.08. The second-order valence-electron chi connectivity index (χ2n) is 17.1. The molecule has 0 saturated carbocycles. The minimum absolute atomic E-state index is 0.574. The van der Waals surface area contributed by atoms with Crippen molar-refractivity contribution in [2.45, 2.75) is 0 Å². The lowest BCUT2D eigenvalue weighted by Gasteiger charge is -2.19. The highest BCUT2D eigenvalue weighted by atomic mass is 15.0. The molecule has 6 nitrogen and oxygen atoms in total. The standard InChI is InChI=1S/C60H36N6/c61-37-39-33-60(66-56-24-12-6-18-47(56)50-35-41(26-28-58(50)66)64-53-21-9-3-15-44(53)45-16-4-10-22-54(45)64)48(38-29-31-62-32-30-38)36-59(39)65-55-23-11-5-17-46(55)49-34-40(25-27-57(49)65)63-51-19-7-1-13-42(51)43-14-2-8-20-52(43)63/h1-36H. The van der Waals surface area contributed by atoms with E-state index in [1.54, 1.807) is 0 Å². The lowest BCUT2D eigenvalue weighted by molar-refractivity contribution is 1.13. The molecule has 6 heteroatoms. The summed E-state index contributed by atoms with van der Waals surface area (Å²) in [7, 11) is 0. The van der Waals surface area contributed by atoms with Crippen molar-refractivity contribution in [2.75, 3.05) is 0 Å². The second-order valence-corrected chi connectivity index (χ2v) is 17.1. The van der Waals surface area contributed by atoms with Crippen LogP contribution in [0.2, 0.25) is 0 Å². The van der Waals surface area contributed by atoms with Gasteiger partial charge in [-0.05, 0) is 103 Å². The zero-order valence-corrected chi connectivity index (χ0v) is 35.5. The van der Waals surface area contributed by atoms with Crippen molar-refractivity contribution in [3.63, 3.8) is 0 Å². The molecule has 0 unspecified atom stereocenters. The molecule has 0 atom stereocenters. The maximum atomic E-state index is 11.3. The minimum atomic E-state index is 0.574. The predicted octanol–water partition coefficient (Wildman–Crippen LogP) is 15.0. The highest BCUT2D eigenvalue weighted by Gasteiger charge is 2.23. The summed E-state index contributed by atoms with van der Waals surface area (Å²) >= 11 is 0. The summed E-state index contributed by atoms with van der Waals surface area (Å²) in [6.07, 6.45) is 3.69. The van der Waals surface area contributed by atoms with Gasteiger partial charge in [-0.1, -0.05) is 109 Å². The topological polar surface area (TPSA) is 56.4 Å².